The van der Waals surface area contributed by atoms with E-state index in [1.807, 2.05) is 12.4 Å². The third kappa shape index (κ3) is 2.08. The summed E-state index contributed by atoms with van der Waals surface area (Å²) in [6.45, 7) is 0. The third-order valence-corrected chi connectivity index (χ3v) is 5.88. The minimum Gasteiger partial charge on any atom is -0.327 e. The summed E-state index contributed by atoms with van der Waals surface area (Å²) >= 11 is 0. The van der Waals surface area contributed by atoms with Gasteiger partial charge in [0.25, 0.3) is 0 Å². The van der Waals surface area contributed by atoms with Crippen LogP contribution in [0.15, 0.2) is 18.7 Å². The molecule has 3 heteroatoms. The molecule has 4 bridgehead atoms. The number of hydrogen-bond acceptors (Lipinski definition) is 3. The summed E-state index contributed by atoms with van der Waals surface area (Å²) in [5.74, 6) is 4.65. The molecule has 2 N–H and O–H groups in total. The van der Waals surface area contributed by atoms with Gasteiger partial charge < -0.3 is 5.73 Å². The van der Waals surface area contributed by atoms with Gasteiger partial charge in [0.2, 0.25) is 0 Å². The molecule has 1 atom stereocenters. The maximum atomic E-state index is 6.58. The lowest BCUT2D eigenvalue weighted by atomic mass is 9.50. The predicted octanol–water partition coefficient (Wildman–Crippen LogP) is 2.42. The van der Waals surface area contributed by atoms with Crippen molar-refractivity contribution in [3.63, 3.8) is 0 Å². The first-order valence-electron chi connectivity index (χ1n) is 7.79. The third-order valence-electron chi connectivity index (χ3n) is 5.88. The van der Waals surface area contributed by atoms with Crippen LogP contribution in [-0.2, 0) is 6.42 Å². The van der Waals surface area contributed by atoms with Gasteiger partial charge in [-0.15, -0.1) is 0 Å². The minimum atomic E-state index is 0.306. The average molecular weight is 257 g/mol. The maximum Gasteiger partial charge on any atom is 0.115 e. The fraction of sp³-hybridized carbons (Fsp3) is 0.750. The summed E-state index contributed by atoms with van der Waals surface area (Å²) in [5.41, 5.74) is 7.77. The molecule has 0 amide bonds. The molecular formula is C16H23N3. The normalized spacial score (nSPS) is 41.4. The van der Waals surface area contributed by atoms with Crippen molar-refractivity contribution in [2.24, 2.45) is 35.3 Å². The van der Waals surface area contributed by atoms with E-state index in [1.165, 1.54) is 37.7 Å². The van der Waals surface area contributed by atoms with E-state index < -0.39 is 0 Å². The van der Waals surface area contributed by atoms with Crippen LogP contribution in [0.5, 0.6) is 0 Å². The van der Waals surface area contributed by atoms with Gasteiger partial charge in [-0.2, -0.15) is 0 Å². The molecule has 4 saturated carbocycles. The molecule has 3 nitrogen and oxygen atoms in total. The molecule has 0 radical (unpaired) electrons. The van der Waals surface area contributed by atoms with E-state index in [2.05, 4.69) is 9.97 Å². The topological polar surface area (TPSA) is 51.8 Å². The van der Waals surface area contributed by atoms with Crippen molar-refractivity contribution in [2.45, 2.75) is 44.6 Å². The van der Waals surface area contributed by atoms with E-state index in [9.17, 15) is 0 Å². The molecule has 0 aliphatic heterocycles. The van der Waals surface area contributed by atoms with Gasteiger partial charge in [-0.25, -0.2) is 9.97 Å². The second-order valence-corrected chi connectivity index (χ2v) is 7.12. The highest BCUT2D eigenvalue weighted by Crippen LogP contribution is 2.57. The van der Waals surface area contributed by atoms with Crippen LogP contribution in [0.3, 0.4) is 0 Å². The first-order valence-corrected chi connectivity index (χ1v) is 7.79. The molecule has 4 aliphatic carbocycles. The summed E-state index contributed by atoms with van der Waals surface area (Å²) in [7, 11) is 0. The Balaban J connectivity index is 1.50. The van der Waals surface area contributed by atoms with Crippen molar-refractivity contribution in [2.75, 3.05) is 0 Å². The number of hydrogen-bond donors (Lipinski definition) is 1. The highest BCUT2D eigenvalue weighted by Gasteiger charge is 2.49. The molecule has 0 spiro atoms. The van der Waals surface area contributed by atoms with E-state index in [0.717, 1.165) is 36.0 Å². The van der Waals surface area contributed by atoms with Crippen LogP contribution >= 0.6 is 0 Å². The van der Waals surface area contributed by atoms with Crippen molar-refractivity contribution in [3.8, 4) is 0 Å². The van der Waals surface area contributed by atoms with Crippen LogP contribution in [0.2, 0.25) is 0 Å². The SMILES string of the molecule is NC(Cc1cncnc1)C1C2CC3CC(C2)CC1C3. The highest BCUT2D eigenvalue weighted by molar-refractivity contribution is 5.08. The van der Waals surface area contributed by atoms with Gasteiger partial charge >= 0.3 is 0 Å². The lowest BCUT2D eigenvalue weighted by Gasteiger charge is -2.56. The van der Waals surface area contributed by atoms with Crippen molar-refractivity contribution in [1.82, 2.24) is 9.97 Å². The number of rotatable bonds is 3. The quantitative estimate of drug-likeness (QED) is 0.904. The summed E-state index contributed by atoms with van der Waals surface area (Å²) in [5, 5.41) is 0. The van der Waals surface area contributed by atoms with Gasteiger partial charge in [0.05, 0.1) is 0 Å². The summed E-state index contributed by atoms with van der Waals surface area (Å²) in [4.78, 5) is 8.22. The Bertz CT molecular complexity index is 417. The van der Waals surface area contributed by atoms with Gasteiger partial charge in [-0.05, 0) is 73.7 Å². The first kappa shape index (κ1) is 11.8. The molecule has 1 aromatic rings. The van der Waals surface area contributed by atoms with Crippen LogP contribution in [0.1, 0.15) is 37.7 Å². The molecule has 4 aliphatic rings. The first-order chi connectivity index (χ1) is 9.29. The van der Waals surface area contributed by atoms with Gasteiger partial charge in [0.1, 0.15) is 6.33 Å². The molecule has 0 aromatic carbocycles. The van der Waals surface area contributed by atoms with Crippen molar-refractivity contribution in [1.29, 1.82) is 0 Å². The minimum absolute atomic E-state index is 0.306. The Hall–Kier alpha value is -0.960. The van der Waals surface area contributed by atoms with Crippen molar-refractivity contribution < 1.29 is 0 Å². The fourth-order valence-corrected chi connectivity index (χ4v) is 5.51. The van der Waals surface area contributed by atoms with Crippen LogP contribution in [0.25, 0.3) is 0 Å². The Kier molecular flexibility index (Phi) is 2.83. The molecule has 1 unspecified atom stereocenters. The Labute approximate surface area is 115 Å². The molecule has 4 fully saturated rings. The van der Waals surface area contributed by atoms with Crippen molar-refractivity contribution in [3.05, 3.63) is 24.3 Å². The number of nitrogens with zero attached hydrogens (tertiary/aromatic N) is 2. The number of aromatic nitrogens is 2. The Morgan fingerprint density at radius 2 is 1.58 bits per heavy atom. The predicted molar refractivity (Wildman–Crippen MR) is 74.2 cm³/mol. The lowest BCUT2D eigenvalue weighted by Crippen LogP contribution is -2.52. The Morgan fingerprint density at radius 3 is 2.16 bits per heavy atom. The fourth-order valence-electron chi connectivity index (χ4n) is 5.51. The smallest absolute Gasteiger partial charge is 0.115 e. The summed E-state index contributed by atoms with van der Waals surface area (Å²) in [6.07, 6.45) is 13.7. The monoisotopic (exact) mass is 257 g/mol. The van der Waals surface area contributed by atoms with Crippen LogP contribution < -0.4 is 5.73 Å². The summed E-state index contributed by atoms with van der Waals surface area (Å²) in [6, 6.07) is 0.306. The van der Waals surface area contributed by atoms with Gasteiger partial charge in [0.15, 0.2) is 0 Å². The van der Waals surface area contributed by atoms with Crippen LogP contribution in [-0.4, -0.2) is 16.0 Å². The van der Waals surface area contributed by atoms with E-state index in [4.69, 9.17) is 5.73 Å². The Morgan fingerprint density at radius 1 is 1.00 bits per heavy atom. The van der Waals surface area contributed by atoms with Crippen LogP contribution in [0, 0.1) is 29.6 Å². The summed E-state index contributed by atoms with van der Waals surface area (Å²) < 4.78 is 0. The molecule has 0 saturated heterocycles. The van der Waals surface area contributed by atoms with Gasteiger partial charge in [-0.3, -0.25) is 0 Å². The lowest BCUT2D eigenvalue weighted by molar-refractivity contribution is -0.0465. The zero-order valence-corrected chi connectivity index (χ0v) is 11.4. The van der Waals surface area contributed by atoms with Crippen LogP contribution in [0.4, 0.5) is 0 Å². The van der Waals surface area contributed by atoms with Gasteiger partial charge in [-0.1, -0.05) is 0 Å². The largest absolute Gasteiger partial charge is 0.327 e. The molecular weight excluding hydrogens is 234 g/mol. The second-order valence-electron chi connectivity index (χ2n) is 7.12. The van der Waals surface area contributed by atoms with E-state index in [-0.39, 0.29) is 0 Å². The second kappa shape index (κ2) is 4.55. The van der Waals surface area contributed by atoms with E-state index >= 15 is 0 Å². The molecule has 5 rings (SSSR count). The van der Waals surface area contributed by atoms with E-state index in [0.29, 0.717) is 6.04 Å². The molecule has 1 aromatic heterocycles. The number of nitrogens with two attached hydrogens (primary N) is 1. The molecule has 1 heterocycles. The highest BCUT2D eigenvalue weighted by atomic mass is 14.8. The van der Waals surface area contributed by atoms with Gasteiger partial charge in [0, 0.05) is 18.4 Å². The maximum absolute atomic E-state index is 6.58. The standard InChI is InChI=1S/C16H23N3/c17-15(6-12-7-18-9-19-8-12)16-13-2-10-1-11(4-13)5-14(16)3-10/h7-11,13-16H,1-6,17H2. The zero-order chi connectivity index (χ0) is 12.8. The van der Waals surface area contributed by atoms with Crippen molar-refractivity contribution >= 4 is 0 Å². The average Bonchev–Trinajstić information content (AvgIpc) is 2.38. The molecule has 19 heavy (non-hydrogen) atoms. The van der Waals surface area contributed by atoms with E-state index in [1.54, 1.807) is 6.33 Å². The molecule has 102 valence electrons. The zero-order valence-electron chi connectivity index (χ0n) is 11.4.